The molecule has 160 valence electrons. The molecule has 0 fully saturated rings. The van der Waals surface area contributed by atoms with Crippen LogP contribution < -0.4 is 0 Å². The smallest absolute Gasteiger partial charge is 0.187 e. The number of rotatable bonds is 4. The normalized spacial score (nSPS) is 16.4. The van der Waals surface area contributed by atoms with Gasteiger partial charge in [0.25, 0.3) is 0 Å². The van der Waals surface area contributed by atoms with E-state index in [0.29, 0.717) is 0 Å². The molecule has 1 aromatic rings. The SMILES string of the molecule is CSc1nnc(C2=CC=C[CH]2)n1/N=C/C1=CC=C[CH]1.[CH]1C=CC=C1.[CH]1C=CC=C1.[Fe].[Fe]. The Morgan fingerprint density at radius 3 is 1.81 bits per heavy atom. The van der Waals surface area contributed by atoms with Gasteiger partial charge in [-0.1, -0.05) is 96.8 Å². The second-order valence-electron chi connectivity index (χ2n) is 5.88. The molecule has 0 aromatic carbocycles. The predicted molar refractivity (Wildman–Crippen MR) is 124 cm³/mol. The largest absolute Gasteiger partial charge is 0.212 e. The van der Waals surface area contributed by atoms with Crippen molar-refractivity contribution < 1.29 is 34.1 Å². The van der Waals surface area contributed by atoms with Crippen LogP contribution in [0.3, 0.4) is 0 Å². The van der Waals surface area contributed by atoms with Crippen molar-refractivity contribution >= 4 is 23.5 Å². The summed E-state index contributed by atoms with van der Waals surface area (Å²) in [7, 11) is 0. The molecule has 0 saturated carbocycles. The van der Waals surface area contributed by atoms with E-state index < -0.39 is 0 Å². The molecule has 0 amide bonds. The van der Waals surface area contributed by atoms with E-state index in [2.05, 4.69) is 15.3 Å². The molecule has 4 radical (unpaired) electrons. The molecule has 1 heterocycles. The minimum atomic E-state index is 0. The first-order valence-corrected chi connectivity index (χ1v) is 10.4. The van der Waals surface area contributed by atoms with Gasteiger partial charge in [0.2, 0.25) is 5.16 Å². The maximum absolute atomic E-state index is 4.48. The number of hydrogen-bond acceptors (Lipinski definition) is 4. The van der Waals surface area contributed by atoms with Crippen molar-refractivity contribution in [3.63, 3.8) is 0 Å². The summed E-state index contributed by atoms with van der Waals surface area (Å²) in [4.78, 5) is 0. The van der Waals surface area contributed by atoms with Crippen LogP contribution in [-0.2, 0) is 34.1 Å². The van der Waals surface area contributed by atoms with Crippen molar-refractivity contribution in [3.8, 4) is 0 Å². The first-order valence-electron chi connectivity index (χ1n) is 9.19. The molecule has 0 saturated heterocycles. The second kappa shape index (κ2) is 15.9. The Morgan fingerprint density at radius 1 is 0.742 bits per heavy atom. The van der Waals surface area contributed by atoms with Crippen molar-refractivity contribution in [1.82, 2.24) is 14.9 Å². The molecule has 7 heteroatoms. The summed E-state index contributed by atoms with van der Waals surface area (Å²) < 4.78 is 1.77. The number of thioether (sulfide) groups is 1. The summed E-state index contributed by atoms with van der Waals surface area (Å²) in [6.45, 7) is 0. The molecule has 31 heavy (non-hydrogen) atoms. The molecule has 0 N–H and O–H groups in total. The van der Waals surface area contributed by atoms with Crippen LogP contribution in [0, 0.1) is 25.7 Å². The summed E-state index contributed by atoms with van der Waals surface area (Å²) in [6.07, 6.45) is 39.7. The molecule has 0 spiro atoms. The summed E-state index contributed by atoms with van der Waals surface area (Å²) in [5.74, 6) is 0.761. The maximum Gasteiger partial charge on any atom is 0.212 e. The number of aromatic nitrogens is 3. The molecule has 0 aliphatic heterocycles. The van der Waals surface area contributed by atoms with Gasteiger partial charge in [-0.2, -0.15) is 9.78 Å². The zero-order chi connectivity index (χ0) is 20.2. The van der Waals surface area contributed by atoms with Gasteiger partial charge in [-0.15, -0.1) is 10.2 Å². The van der Waals surface area contributed by atoms with Gasteiger partial charge in [0.1, 0.15) is 0 Å². The molecular formula is C24H22Fe2N4S. The van der Waals surface area contributed by atoms with Gasteiger partial charge in [-0.3, -0.25) is 0 Å². The van der Waals surface area contributed by atoms with Crippen molar-refractivity contribution in [3.05, 3.63) is 122 Å². The van der Waals surface area contributed by atoms with Crippen molar-refractivity contribution in [2.75, 3.05) is 6.26 Å². The van der Waals surface area contributed by atoms with Gasteiger partial charge >= 0.3 is 0 Å². The zero-order valence-corrected chi connectivity index (χ0v) is 19.9. The quantitative estimate of drug-likeness (QED) is 0.313. The van der Waals surface area contributed by atoms with Gasteiger partial charge in [0.05, 0.1) is 6.21 Å². The van der Waals surface area contributed by atoms with Crippen LogP contribution in [0.5, 0.6) is 0 Å². The van der Waals surface area contributed by atoms with Gasteiger partial charge in [0, 0.05) is 65.4 Å². The van der Waals surface area contributed by atoms with E-state index in [9.17, 15) is 0 Å². The van der Waals surface area contributed by atoms with Crippen LogP contribution in [0.25, 0.3) is 5.57 Å². The minimum Gasteiger partial charge on any atom is -0.187 e. The van der Waals surface area contributed by atoms with Crippen molar-refractivity contribution in [2.45, 2.75) is 5.16 Å². The topological polar surface area (TPSA) is 43.1 Å². The monoisotopic (exact) mass is 510 g/mol. The standard InChI is InChI=1S/C14H12N4S.2C5H5.2Fe/c1-19-14-17-16-13(12-8-4-5-9-12)18(14)15-10-11-6-2-3-7-11;2*1-2-4-5-3-1;;/h2-10H,1H3;2*1-5H;;/b15-10+;;;;. The van der Waals surface area contributed by atoms with E-state index in [0.717, 1.165) is 22.1 Å². The van der Waals surface area contributed by atoms with E-state index in [1.165, 1.54) is 11.8 Å². The van der Waals surface area contributed by atoms with Crippen LogP contribution in [0.1, 0.15) is 5.82 Å². The van der Waals surface area contributed by atoms with Crippen LogP contribution in [-0.4, -0.2) is 27.3 Å². The van der Waals surface area contributed by atoms with E-state index in [1.54, 1.807) is 4.68 Å². The Kier molecular flexibility index (Phi) is 13.9. The minimum absolute atomic E-state index is 0. The fourth-order valence-electron chi connectivity index (χ4n) is 2.44. The molecule has 1 aromatic heterocycles. The second-order valence-corrected chi connectivity index (χ2v) is 6.66. The van der Waals surface area contributed by atoms with Crippen LogP contribution in [0.4, 0.5) is 0 Å². The average Bonchev–Trinajstić information content (AvgIpc) is 3.61. The van der Waals surface area contributed by atoms with E-state index >= 15 is 0 Å². The predicted octanol–water partition coefficient (Wildman–Crippen LogP) is 5.32. The Morgan fingerprint density at radius 2 is 1.35 bits per heavy atom. The summed E-state index contributed by atoms with van der Waals surface area (Å²) in [5.41, 5.74) is 2.08. The molecule has 4 aliphatic carbocycles. The molecule has 4 nitrogen and oxygen atoms in total. The van der Waals surface area contributed by atoms with Crippen LogP contribution >= 0.6 is 11.8 Å². The van der Waals surface area contributed by atoms with E-state index in [4.69, 9.17) is 0 Å². The first kappa shape index (κ1) is 27.2. The molecule has 0 unspecified atom stereocenters. The van der Waals surface area contributed by atoms with Crippen molar-refractivity contribution in [1.29, 1.82) is 0 Å². The third kappa shape index (κ3) is 9.02. The van der Waals surface area contributed by atoms with Gasteiger partial charge in [-0.25, -0.2) is 0 Å². The Bertz CT molecular complexity index is 918. The average molecular weight is 510 g/mol. The molecule has 0 bridgehead atoms. The van der Waals surface area contributed by atoms with Crippen molar-refractivity contribution in [2.24, 2.45) is 5.10 Å². The van der Waals surface area contributed by atoms with E-state index in [-0.39, 0.29) is 34.1 Å². The van der Waals surface area contributed by atoms with Crippen LogP contribution in [0.15, 0.2) is 101 Å². The third-order valence-electron chi connectivity index (χ3n) is 3.84. The first-order chi connectivity index (χ1) is 14.4. The van der Waals surface area contributed by atoms with Crippen LogP contribution in [0.2, 0.25) is 0 Å². The van der Waals surface area contributed by atoms with Gasteiger partial charge < -0.3 is 0 Å². The third-order valence-corrected chi connectivity index (χ3v) is 4.46. The van der Waals surface area contributed by atoms with Gasteiger partial charge in [0.15, 0.2) is 5.82 Å². The summed E-state index contributed by atoms with van der Waals surface area (Å²) >= 11 is 1.53. The zero-order valence-electron chi connectivity index (χ0n) is 16.9. The summed E-state index contributed by atoms with van der Waals surface area (Å²) in [5, 5.41) is 13.6. The van der Waals surface area contributed by atoms with Gasteiger partial charge in [-0.05, 0) is 11.8 Å². The maximum atomic E-state index is 4.48. The Hall–Kier alpha value is -1.88. The summed E-state index contributed by atoms with van der Waals surface area (Å²) in [6, 6.07) is 0. The molecular weight excluding hydrogens is 488 g/mol. The number of nitrogens with zero attached hydrogens (tertiary/aromatic N) is 4. The Balaban J connectivity index is 0.000000331. The molecule has 4 aliphatic rings. The fraction of sp³-hybridized carbons (Fsp3) is 0.0417. The number of hydrogen-bond donors (Lipinski definition) is 0. The molecule has 0 atom stereocenters. The Labute approximate surface area is 210 Å². The fourth-order valence-corrected chi connectivity index (χ4v) is 2.87. The molecule has 5 rings (SSSR count). The number of allylic oxidation sites excluding steroid dienone is 16. The van der Waals surface area contributed by atoms with E-state index in [1.807, 2.05) is 123 Å².